The smallest absolute Gasteiger partial charge is 0.259 e. The molecule has 0 bridgehead atoms. The number of amides is 1. The lowest BCUT2D eigenvalue weighted by atomic mass is 10.1. The van der Waals surface area contributed by atoms with Crippen LogP contribution in [-0.4, -0.2) is 32.3 Å². The number of pyridine rings is 1. The first-order chi connectivity index (χ1) is 13.6. The Balaban J connectivity index is 1.55. The molecule has 7 heteroatoms. The van der Waals surface area contributed by atoms with E-state index in [1.54, 1.807) is 23.1 Å². The van der Waals surface area contributed by atoms with E-state index >= 15 is 0 Å². The molecule has 0 radical (unpaired) electrons. The minimum atomic E-state index is -0.309. The molecule has 2 aromatic carbocycles. The zero-order valence-electron chi connectivity index (χ0n) is 14.9. The molecule has 2 aromatic heterocycles. The van der Waals surface area contributed by atoms with Crippen molar-refractivity contribution < 1.29 is 4.79 Å². The van der Waals surface area contributed by atoms with Crippen LogP contribution < -0.4 is 5.43 Å². The van der Waals surface area contributed by atoms with Gasteiger partial charge in [-0.25, -0.2) is 4.98 Å². The second kappa shape index (κ2) is 6.49. The Hall–Kier alpha value is -3.12. The SMILES string of the molecule is O=C(c1c[nH]c2c(Cl)cccc2c1=O)N1CCC[C@H]1c1nc2ccccc2[nH]1. The molecule has 1 amide bonds. The van der Waals surface area contributed by atoms with Crippen LogP contribution in [0, 0.1) is 0 Å². The van der Waals surface area contributed by atoms with Crippen LogP contribution in [0.1, 0.15) is 35.1 Å². The second-order valence-electron chi connectivity index (χ2n) is 6.99. The highest BCUT2D eigenvalue weighted by molar-refractivity contribution is 6.35. The molecule has 1 fully saturated rings. The average molecular weight is 393 g/mol. The number of para-hydroxylation sites is 3. The van der Waals surface area contributed by atoms with Gasteiger partial charge in [-0.3, -0.25) is 9.59 Å². The molecule has 140 valence electrons. The topological polar surface area (TPSA) is 81.8 Å². The van der Waals surface area contributed by atoms with Crippen molar-refractivity contribution >= 4 is 39.4 Å². The number of nitrogens with one attached hydrogen (secondary N) is 2. The number of nitrogens with zero attached hydrogens (tertiary/aromatic N) is 2. The number of aromatic nitrogens is 3. The summed E-state index contributed by atoms with van der Waals surface area (Å²) in [6, 6.07) is 12.7. The number of aromatic amines is 2. The lowest BCUT2D eigenvalue weighted by Gasteiger charge is -2.23. The largest absolute Gasteiger partial charge is 0.359 e. The van der Waals surface area contributed by atoms with Crippen molar-refractivity contribution in [1.29, 1.82) is 0 Å². The van der Waals surface area contributed by atoms with E-state index in [9.17, 15) is 9.59 Å². The first kappa shape index (κ1) is 17.0. The highest BCUT2D eigenvalue weighted by atomic mass is 35.5. The molecule has 28 heavy (non-hydrogen) atoms. The first-order valence-electron chi connectivity index (χ1n) is 9.19. The molecule has 0 spiro atoms. The summed E-state index contributed by atoms with van der Waals surface area (Å²) in [5.74, 6) is 0.471. The van der Waals surface area contributed by atoms with Crippen molar-refractivity contribution in [3.63, 3.8) is 0 Å². The van der Waals surface area contributed by atoms with Crippen LogP contribution in [0.5, 0.6) is 0 Å². The Kier molecular flexibility index (Phi) is 3.94. The number of likely N-dealkylation sites (tertiary alicyclic amines) is 1. The van der Waals surface area contributed by atoms with Crippen LogP contribution in [0.4, 0.5) is 0 Å². The molecule has 3 heterocycles. The van der Waals surface area contributed by atoms with Gasteiger partial charge in [-0.1, -0.05) is 29.8 Å². The van der Waals surface area contributed by atoms with Gasteiger partial charge in [-0.2, -0.15) is 0 Å². The van der Waals surface area contributed by atoms with Gasteiger partial charge in [0.1, 0.15) is 11.4 Å². The molecule has 1 aliphatic rings. The van der Waals surface area contributed by atoms with Gasteiger partial charge >= 0.3 is 0 Å². The summed E-state index contributed by atoms with van der Waals surface area (Å²) in [7, 11) is 0. The summed E-state index contributed by atoms with van der Waals surface area (Å²) in [5.41, 5.74) is 2.17. The van der Waals surface area contributed by atoms with E-state index in [2.05, 4.69) is 15.0 Å². The summed E-state index contributed by atoms with van der Waals surface area (Å²) < 4.78 is 0. The zero-order valence-corrected chi connectivity index (χ0v) is 15.7. The normalized spacial score (nSPS) is 16.9. The number of fused-ring (bicyclic) bond motifs is 2. The minimum Gasteiger partial charge on any atom is -0.359 e. The van der Waals surface area contributed by atoms with Gasteiger partial charge in [-0.05, 0) is 37.1 Å². The maximum absolute atomic E-state index is 13.2. The number of carbonyl (C=O) groups excluding carboxylic acids is 1. The molecule has 0 saturated carbocycles. The third kappa shape index (κ3) is 2.60. The molecular formula is C21H17ClN4O2. The van der Waals surface area contributed by atoms with E-state index in [0.29, 0.717) is 22.5 Å². The Morgan fingerprint density at radius 3 is 2.89 bits per heavy atom. The number of imidazole rings is 1. The van der Waals surface area contributed by atoms with E-state index in [1.807, 2.05) is 24.3 Å². The van der Waals surface area contributed by atoms with Crippen LogP contribution in [0.15, 0.2) is 53.5 Å². The van der Waals surface area contributed by atoms with Crippen LogP contribution in [0.2, 0.25) is 5.02 Å². The standard InChI is InChI=1S/C21H17ClN4O2/c22-14-6-3-5-12-18(14)23-11-13(19(12)27)21(28)26-10-4-9-17(26)20-24-15-7-1-2-8-16(15)25-20/h1-3,5-8,11,17H,4,9-10H2,(H,23,27)(H,24,25)/t17-/m0/s1. The summed E-state index contributed by atoms with van der Waals surface area (Å²) in [6.45, 7) is 0.591. The van der Waals surface area contributed by atoms with Gasteiger partial charge in [0.05, 0.1) is 27.6 Å². The predicted molar refractivity (Wildman–Crippen MR) is 109 cm³/mol. The number of hydrogen-bond donors (Lipinski definition) is 2. The van der Waals surface area contributed by atoms with Gasteiger partial charge in [0.25, 0.3) is 5.91 Å². The molecule has 2 N–H and O–H groups in total. The number of H-pyrrole nitrogens is 2. The Labute approximate surface area is 165 Å². The van der Waals surface area contributed by atoms with E-state index in [0.717, 1.165) is 29.7 Å². The van der Waals surface area contributed by atoms with Gasteiger partial charge in [0.15, 0.2) is 0 Å². The number of carbonyl (C=O) groups is 1. The fourth-order valence-corrected chi connectivity index (χ4v) is 4.18. The Bertz CT molecular complexity index is 1240. The summed E-state index contributed by atoms with van der Waals surface area (Å²) in [6.07, 6.45) is 3.14. The third-order valence-electron chi connectivity index (χ3n) is 5.33. The summed E-state index contributed by atoms with van der Waals surface area (Å²) in [4.78, 5) is 38.9. The van der Waals surface area contributed by atoms with Gasteiger partial charge in [0.2, 0.25) is 5.43 Å². The summed E-state index contributed by atoms with van der Waals surface area (Å²) in [5, 5.41) is 0.868. The first-order valence-corrected chi connectivity index (χ1v) is 9.57. The van der Waals surface area contributed by atoms with Crippen LogP contribution in [-0.2, 0) is 0 Å². The van der Waals surface area contributed by atoms with E-state index in [4.69, 9.17) is 11.6 Å². The number of benzene rings is 2. The van der Waals surface area contributed by atoms with Gasteiger partial charge < -0.3 is 14.9 Å². The maximum atomic E-state index is 13.2. The van der Waals surface area contributed by atoms with Crippen LogP contribution in [0.3, 0.4) is 0 Å². The quantitative estimate of drug-likeness (QED) is 0.540. The van der Waals surface area contributed by atoms with Crippen molar-refractivity contribution in [1.82, 2.24) is 19.9 Å². The fraction of sp³-hybridized carbons (Fsp3) is 0.190. The number of halogens is 1. The van der Waals surface area contributed by atoms with Crippen molar-refractivity contribution in [2.24, 2.45) is 0 Å². The molecule has 0 unspecified atom stereocenters. The molecule has 1 saturated heterocycles. The highest BCUT2D eigenvalue weighted by Crippen LogP contribution is 2.32. The molecule has 1 aliphatic heterocycles. The van der Waals surface area contributed by atoms with Crippen molar-refractivity contribution in [2.45, 2.75) is 18.9 Å². The third-order valence-corrected chi connectivity index (χ3v) is 5.65. The molecule has 1 atom stereocenters. The molecule has 5 rings (SSSR count). The number of hydrogen-bond acceptors (Lipinski definition) is 3. The second-order valence-corrected chi connectivity index (χ2v) is 7.40. The fourth-order valence-electron chi connectivity index (χ4n) is 3.95. The highest BCUT2D eigenvalue weighted by Gasteiger charge is 2.33. The lowest BCUT2D eigenvalue weighted by Crippen LogP contribution is -2.34. The molecular weight excluding hydrogens is 376 g/mol. The maximum Gasteiger partial charge on any atom is 0.259 e. The number of rotatable bonds is 2. The Morgan fingerprint density at radius 1 is 1.18 bits per heavy atom. The van der Waals surface area contributed by atoms with Crippen LogP contribution in [0.25, 0.3) is 21.9 Å². The minimum absolute atomic E-state index is 0.123. The monoisotopic (exact) mass is 392 g/mol. The molecule has 4 aromatic rings. The zero-order chi connectivity index (χ0) is 19.3. The lowest BCUT2D eigenvalue weighted by molar-refractivity contribution is 0.0729. The van der Waals surface area contributed by atoms with E-state index < -0.39 is 0 Å². The summed E-state index contributed by atoms with van der Waals surface area (Å²) >= 11 is 6.15. The van der Waals surface area contributed by atoms with Crippen molar-refractivity contribution in [3.8, 4) is 0 Å². The van der Waals surface area contributed by atoms with Crippen molar-refractivity contribution in [3.05, 3.63) is 75.3 Å². The van der Waals surface area contributed by atoms with Gasteiger partial charge in [-0.15, -0.1) is 0 Å². The van der Waals surface area contributed by atoms with E-state index in [1.165, 1.54) is 6.20 Å². The van der Waals surface area contributed by atoms with Gasteiger partial charge in [0, 0.05) is 18.1 Å². The van der Waals surface area contributed by atoms with Crippen LogP contribution >= 0.6 is 11.6 Å². The van der Waals surface area contributed by atoms with E-state index in [-0.39, 0.29) is 22.9 Å². The predicted octanol–water partition coefficient (Wildman–Crippen LogP) is 4.04. The molecule has 6 nitrogen and oxygen atoms in total. The van der Waals surface area contributed by atoms with Crippen molar-refractivity contribution in [2.75, 3.05) is 6.54 Å². The molecule has 0 aliphatic carbocycles. The Morgan fingerprint density at radius 2 is 2.04 bits per heavy atom. The average Bonchev–Trinajstić information content (AvgIpc) is 3.35.